The molecule has 32 heavy (non-hydrogen) atoms. The number of esters is 1. The lowest BCUT2D eigenvalue weighted by atomic mass is 10.1. The molecule has 0 fully saturated rings. The summed E-state index contributed by atoms with van der Waals surface area (Å²) in [7, 11) is 1.54. The molecule has 8 heteroatoms. The fourth-order valence-electron chi connectivity index (χ4n) is 2.64. The van der Waals surface area contributed by atoms with E-state index in [2.05, 4.69) is 5.32 Å². The molecule has 0 atom stereocenters. The van der Waals surface area contributed by atoms with Crippen molar-refractivity contribution < 1.29 is 19.1 Å². The van der Waals surface area contributed by atoms with E-state index in [1.54, 1.807) is 61.7 Å². The van der Waals surface area contributed by atoms with Gasteiger partial charge in [-0.25, -0.2) is 4.79 Å². The first-order chi connectivity index (χ1) is 15.4. The number of benzene rings is 3. The van der Waals surface area contributed by atoms with Gasteiger partial charge in [-0.1, -0.05) is 35.3 Å². The summed E-state index contributed by atoms with van der Waals surface area (Å²) in [6.07, 6.45) is 1.43. The summed E-state index contributed by atoms with van der Waals surface area (Å²) in [5, 5.41) is 12.6. The van der Waals surface area contributed by atoms with Gasteiger partial charge in [-0.2, -0.15) is 5.26 Å². The van der Waals surface area contributed by atoms with Gasteiger partial charge in [0.05, 0.1) is 17.7 Å². The third-order valence-corrected chi connectivity index (χ3v) is 4.81. The summed E-state index contributed by atoms with van der Waals surface area (Å²) in [5.41, 5.74) is 1.20. The van der Waals surface area contributed by atoms with E-state index in [1.807, 2.05) is 6.07 Å². The second kappa shape index (κ2) is 10.5. The van der Waals surface area contributed by atoms with Crippen molar-refractivity contribution in [2.24, 2.45) is 0 Å². The molecule has 3 aromatic rings. The van der Waals surface area contributed by atoms with Gasteiger partial charge < -0.3 is 14.8 Å². The van der Waals surface area contributed by atoms with Crippen LogP contribution in [-0.4, -0.2) is 19.0 Å². The number of halogens is 2. The van der Waals surface area contributed by atoms with Crippen LogP contribution in [0, 0.1) is 11.3 Å². The number of methoxy groups -OCH3 is 1. The van der Waals surface area contributed by atoms with Crippen LogP contribution in [0.25, 0.3) is 6.08 Å². The fourth-order valence-corrected chi connectivity index (χ4v) is 3.12. The number of amides is 1. The molecule has 0 aromatic heterocycles. The minimum atomic E-state index is -0.633. The Morgan fingerprint density at radius 2 is 1.62 bits per heavy atom. The largest absolute Gasteiger partial charge is 0.497 e. The van der Waals surface area contributed by atoms with Crippen LogP contribution in [-0.2, 0) is 4.79 Å². The van der Waals surface area contributed by atoms with Crippen LogP contribution in [0.15, 0.2) is 72.3 Å². The standard InChI is InChI=1S/C24H16Cl2N2O4/c1-31-19-9-5-18(6-10-19)28-23(29)16(14-27)12-15-2-7-20(8-3-15)32-24(30)21-11-4-17(25)13-22(21)26/h2-13H,1H3,(H,28,29)/b16-12+. The van der Waals surface area contributed by atoms with Gasteiger partial charge in [0, 0.05) is 10.7 Å². The Bertz CT molecular complexity index is 1210. The normalized spacial score (nSPS) is 10.8. The summed E-state index contributed by atoms with van der Waals surface area (Å²) >= 11 is 11.9. The monoisotopic (exact) mass is 466 g/mol. The summed E-state index contributed by atoms with van der Waals surface area (Å²) in [6, 6.07) is 19.4. The maximum atomic E-state index is 12.4. The Morgan fingerprint density at radius 1 is 0.969 bits per heavy atom. The van der Waals surface area contributed by atoms with Crippen molar-refractivity contribution in [3.05, 3.63) is 93.5 Å². The van der Waals surface area contributed by atoms with E-state index in [4.69, 9.17) is 32.7 Å². The van der Waals surface area contributed by atoms with Crippen LogP contribution < -0.4 is 14.8 Å². The van der Waals surface area contributed by atoms with Gasteiger partial charge in [-0.3, -0.25) is 4.79 Å². The maximum absolute atomic E-state index is 12.4. The molecule has 0 aliphatic heterocycles. The van der Waals surface area contributed by atoms with Crippen molar-refractivity contribution in [1.82, 2.24) is 0 Å². The van der Waals surface area contributed by atoms with E-state index in [1.165, 1.54) is 18.2 Å². The second-order valence-electron chi connectivity index (χ2n) is 6.44. The summed E-state index contributed by atoms with van der Waals surface area (Å²) in [4.78, 5) is 24.7. The topological polar surface area (TPSA) is 88.4 Å². The molecule has 3 aromatic carbocycles. The number of anilines is 1. The number of carbonyl (C=O) groups excluding carboxylic acids is 2. The molecule has 1 amide bonds. The molecule has 3 rings (SSSR count). The van der Waals surface area contributed by atoms with E-state index in [0.717, 1.165) is 0 Å². The van der Waals surface area contributed by atoms with Gasteiger partial charge in [0.15, 0.2) is 0 Å². The fraction of sp³-hybridized carbons (Fsp3) is 0.0417. The molecular formula is C24H16Cl2N2O4. The lowest BCUT2D eigenvalue weighted by Gasteiger charge is -2.07. The molecule has 1 N–H and O–H groups in total. The highest BCUT2D eigenvalue weighted by molar-refractivity contribution is 6.36. The average molecular weight is 467 g/mol. The van der Waals surface area contributed by atoms with Crippen LogP contribution in [0.2, 0.25) is 10.0 Å². The van der Waals surface area contributed by atoms with Gasteiger partial charge in [0.2, 0.25) is 0 Å². The quantitative estimate of drug-likeness (QED) is 0.215. The number of hydrogen-bond donors (Lipinski definition) is 1. The molecule has 0 spiro atoms. The number of carbonyl (C=O) groups is 2. The van der Waals surface area contributed by atoms with E-state index < -0.39 is 11.9 Å². The van der Waals surface area contributed by atoms with Gasteiger partial charge in [0.25, 0.3) is 5.91 Å². The minimum absolute atomic E-state index is 0.0847. The molecule has 6 nitrogen and oxygen atoms in total. The molecule has 0 heterocycles. The Hall–Kier alpha value is -3.79. The van der Waals surface area contributed by atoms with Crippen molar-refractivity contribution >= 4 is 46.8 Å². The zero-order valence-electron chi connectivity index (χ0n) is 16.8. The van der Waals surface area contributed by atoms with Crippen molar-refractivity contribution in [1.29, 1.82) is 5.26 Å². The third kappa shape index (κ3) is 5.88. The Morgan fingerprint density at radius 3 is 2.22 bits per heavy atom. The van der Waals surface area contributed by atoms with Gasteiger partial charge in [-0.15, -0.1) is 0 Å². The first-order valence-electron chi connectivity index (χ1n) is 9.24. The van der Waals surface area contributed by atoms with Gasteiger partial charge >= 0.3 is 5.97 Å². The van der Waals surface area contributed by atoms with E-state index in [9.17, 15) is 14.9 Å². The van der Waals surface area contributed by atoms with E-state index in [-0.39, 0.29) is 21.9 Å². The summed E-state index contributed by atoms with van der Waals surface area (Å²) < 4.78 is 10.4. The first-order valence-corrected chi connectivity index (χ1v) is 9.99. The van der Waals surface area contributed by atoms with Crippen molar-refractivity contribution in [3.63, 3.8) is 0 Å². The molecular weight excluding hydrogens is 451 g/mol. The van der Waals surface area contributed by atoms with E-state index >= 15 is 0 Å². The molecule has 0 unspecified atom stereocenters. The van der Waals surface area contributed by atoms with Crippen LogP contribution in [0.1, 0.15) is 15.9 Å². The minimum Gasteiger partial charge on any atom is -0.497 e. The zero-order chi connectivity index (χ0) is 23.1. The molecule has 0 radical (unpaired) electrons. The SMILES string of the molecule is COc1ccc(NC(=O)/C(C#N)=C/c2ccc(OC(=O)c3ccc(Cl)cc3Cl)cc2)cc1. The highest BCUT2D eigenvalue weighted by Crippen LogP contribution is 2.23. The van der Waals surface area contributed by atoms with Crippen LogP contribution in [0.5, 0.6) is 11.5 Å². The predicted molar refractivity (Wildman–Crippen MR) is 123 cm³/mol. The molecule has 0 saturated carbocycles. The second-order valence-corrected chi connectivity index (χ2v) is 7.28. The number of nitriles is 1. The highest BCUT2D eigenvalue weighted by atomic mass is 35.5. The predicted octanol–water partition coefficient (Wildman–Crippen LogP) is 5.77. The van der Waals surface area contributed by atoms with E-state index in [0.29, 0.717) is 22.0 Å². The van der Waals surface area contributed by atoms with Crippen molar-refractivity contribution in [3.8, 4) is 17.6 Å². The summed E-state index contributed by atoms with van der Waals surface area (Å²) in [6.45, 7) is 0. The number of rotatable bonds is 6. The Balaban J connectivity index is 1.68. The zero-order valence-corrected chi connectivity index (χ0v) is 18.3. The number of hydrogen-bond acceptors (Lipinski definition) is 5. The van der Waals surface area contributed by atoms with Gasteiger partial charge in [-0.05, 0) is 66.2 Å². The Labute approximate surface area is 194 Å². The number of ether oxygens (including phenoxy) is 2. The van der Waals surface area contributed by atoms with Crippen LogP contribution >= 0.6 is 23.2 Å². The Kier molecular flexibility index (Phi) is 7.50. The van der Waals surface area contributed by atoms with Crippen LogP contribution in [0.3, 0.4) is 0 Å². The van der Waals surface area contributed by atoms with Crippen molar-refractivity contribution in [2.75, 3.05) is 12.4 Å². The van der Waals surface area contributed by atoms with Crippen LogP contribution in [0.4, 0.5) is 5.69 Å². The molecule has 0 bridgehead atoms. The van der Waals surface area contributed by atoms with Gasteiger partial charge in [0.1, 0.15) is 23.1 Å². The smallest absolute Gasteiger partial charge is 0.345 e. The molecule has 0 aliphatic carbocycles. The number of nitrogens with zero attached hydrogens (tertiary/aromatic N) is 1. The highest BCUT2D eigenvalue weighted by Gasteiger charge is 2.14. The number of nitrogens with one attached hydrogen (secondary N) is 1. The summed E-state index contributed by atoms with van der Waals surface area (Å²) in [5.74, 6) is -0.255. The van der Waals surface area contributed by atoms with Crippen molar-refractivity contribution in [2.45, 2.75) is 0 Å². The third-order valence-electron chi connectivity index (χ3n) is 4.27. The first kappa shape index (κ1) is 22.9. The molecule has 160 valence electrons. The maximum Gasteiger partial charge on any atom is 0.345 e. The molecule has 0 saturated heterocycles. The lowest BCUT2D eigenvalue weighted by molar-refractivity contribution is -0.112. The lowest BCUT2D eigenvalue weighted by Crippen LogP contribution is -2.13. The average Bonchev–Trinajstić information content (AvgIpc) is 2.78. The molecule has 0 aliphatic rings.